The summed E-state index contributed by atoms with van der Waals surface area (Å²) in [5.74, 6) is 0.130. The lowest BCUT2D eigenvalue weighted by Gasteiger charge is -2.36. The van der Waals surface area contributed by atoms with Crippen molar-refractivity contribution < 1.29 is 4.79 Å². The molecule has 0 unspecified atom stereocenters. The Morgan fingerprint density at radius 1 is 1.04 bits per heavy atom. The second-order valence-corrected chi connectivity index (χ2v) is 6.24. The molecule has 1 fully saturated rings. The van der Waals surface area contributed by atoms with Crippen LogP contribution in [0.4, 0.5) is 5.69 Å². The fourth-order valence-corrected chi connectivity index (χ4v) is 3.06. The molecular weight excluding hydrogens is 322 g/mol. The average Bonchev–Trinajstić information content (AvgIpc) is 2.63. The van der Waals surface area contributed by atoms with Crippen LogP contribution in [0.5, 0.6) is 0 Å². The van der Waals surface area contributed by atoms with E-state index in [1.54, 1.807) is 12.1 Å². The minimum Gasteiger partial charge on any atom is -0.367 e. The Morgan fingerprint density at radius 2 is 1.71 bits per heavy atom. The van der Waals surface area contributed by atoms with Crippen LogP contribution in [0.3, 0.4) is 0 Å². The molecule has 0 radical (unpaired) electrons. The van der Waals surface area contributed by atoms with Crippen LogP contribution in [0.15, 0.2) is 48.5 Å². The number of carbonyl (C=O) groups excluding carboxylic acids is 1. The zero-order valence-electron chi connectivity index (χ0n) is 13.3. The number of benzene rings is 2. The van der Waals surface area contributed by atoms with Crippen LogP contribution in [-0.2, 0) is 11.2 Å². The van der Waals surface area contributed by atoms with Crippen molar-refractivity contribution in [2.45, 2.75) is 6.42 Å². The van der Waals surface area contributed by atoms with E-state index in [0.29, 0.717) is 30.1 Å². The first kappa shape index (κ1) is 16.4. The lowest BCUT2D eigenvalue weighted by Crippen LogP contribution is -2.49. The third kappa shape index (κ3) is 3.69. The number of hydrogen-bond acceptors (Lipinski definition) is 3. The molecule has 2 aromatic rings. The summed E-state index contributed by atoms with van der Waals surface area (Å²) in [4.78, 5) is 16.5. The fraction of sp³-hybridized carbons (Fsp3) is 0.263. The van der Waals surface area contributed by atoms with Crippen LogP contribution in [0.2, 0.25) is 5.02 Å². The number of carbonyl (C=O) groups is 1. The van der Waals surface area contributed by atoms with Gasteiger partial charge < -0.3 is 9.80 Å². The highest BCUT2D eigenvalue weighted by Gasteiger charge is 2.22. The zero-order chi connectivity index (χ0) is 16.9. The summed E-state index contributed by atoms with van der Waals surface area (Å²) in [6, 6.07) is 17.2. The number of halogens is 1. The quantitative estimate of drug-likeness (QED) is 0.863. The Hall–Kier alpha value is -2.51. The van der Waals surface area contributed by atoms with Gasteiger partial charge in [0.2, 0.25) is 5.91 Å². The number of anilines is 1. The minimum absolute atomic E-state index is 0.130. The Labute approximate surface area is 146 Å². The third-order valence-electron chi connectivity index (χ3n) is 4.27. The number of para-hydroxylation sites is 1. The second-order valence-electron chi connectivity index (χ2n) is 5.80. The van der Waals surface area contributed by atoms with E-state index in [1.807, 2.05) is 41.3 Å². The van der Waals surface area contributed by atoms with Crippen molar-refractivity contribution in [3.63, 3.8) is 0 Å². The van der Waals surface area contributed by atoms with Gasteiger partial charge in [-0.25, -0.2) is 0 Å². The van der Waals surface area contributed by atoms with Crippen LogP contribution in [0.1, 0.15) is 11.1 Å². The van der Waals surface area contributed by atoms with Crippen molar-refractivity contribution in [3.8, 4) is 6.07 Å². The van der Waals surface area contributed by atoms with Gasteiger partial charge in [-0.2, -0.15) is 5.26 Å². The number of piperazine rings is 1. The van der Waals surface area contributed by atoms with Crippen molar-refractivity contribution in [1.82, 2.24) is 4.90 Å². The maximum absolute atomic E-state index is 12.4. The zero-order valence-corrected chi connectivity index (χ0v) is 14.0. The lowest BCUT2D eigenvalue weighted by atomic mass is 10.1. The summed E-state index contributed by atoms with van der Waals surface area (Å²) in [6.45, 7) is 2.83. The Morgan fingerprint density at radius 3 is 2.38 bits per heavy atom. The first-order valence-electron chi connectivity index (χ1n) is 7.93. The summed E-state index contributed by atoms with van der Waals surface area (Å²) in [7, 11) is 0. The Kier molecular flexibility index (Phi) is 5.02. The highest BCUT2D eigenvalue weighted by Crippen LogP contribution is 2.21. The van der Waals surface area contributed by atoms with Crippen molar-refractivity contribution >= 4 is 23.2 Å². The van der Waals surface area contributed by atoms with Crippen LogP contribution in [0, 0.1) is 11.3 Å². The topological polar surface area (TPSA) is 47.3 Å². The molecule has 1 heterocycles. The molecule has 0 aliphatic carbocycles. The van der Waals surface area contributed by atoms with Crippen LogP contribution >= 0.6 is 11.6 Å². The standard InChI is InChI=1S/C19H18ClN3O/c20-17-7-5-15(6-8-17)13-19(24)23-11-9-22(10-12-23)18-4-2-1-3-16(18)14-21/h1-8H,9-13H2. The van der Waals surface area contributed by atoms with Gasteiger partial charge in [0.1, 0.15) is 6.07 Å². The molecule has 0 saturated carbocycles. The molecule has 122 valence electrons. The molecule has 5 heteroatoms. The Balaban J connectivity index is 1.59. The van der Waals surface area contributed by atoms with Crippen LogP contribution in [-0.4, -0.2) is 37.0 Å². The molecule has 2 aromatic carbocycles. The molecule has 0 N–H and O–H groups in total. The molecule has 0 bridgehead atoms. The summed E-state index contributed by atoms with van der Waals surface area (Å²) >= 11 is 5.87. The molecule has 0 atom stereocenters. The number of rotatable bonds is 3. The number of amides is 1. The summed E-state index contributed by atoms with van der Waals surface area (Å²) in [5, 5.41) is 9.90. The van der Waals surface area contributed by atoms with E-state index in [9.17, 15) is 10.1 Å². The van der Waals surface area contributed by atoms with E-state index in [0.717, 1.165) is 24.3 Å². The van der Waals surface area contributed by atoms with Gasteiger partial charge in [0.25, 0.3) is 0 Å². The highest BCUT2D eigenvalue weighted by molar-refractivity contribution is 6.30. The smallest absolute Gasteiger partial charge is 0.227 e. The van der Waals surface area contributed by atoms with Gasteiger partial charge in [-0.3, -0.25) is 4.79 Å². The van der Waals surface area contributed by atoms with Gasteiger partial charge in [-0.05, 0) is 29.8 Å². The maximum Gasteiger partial charge on any atom is 0.227 e. The van der Waals surface area contributed by atoms with Crippen molar-refractivity contribution in [1.29, 1.82) is 5.26 Å². The van der Waals surface area contributed by atoms with Crippen molar-refractivity contribution in [2.75, 3.05) is 31.1 Å². The van der Waals surface area contributed by atoms with E-state index in [-0.39, 0.29) is 5.91 Å². The van der Waals surface area contributed by atoms with Gasteiger partial charge in [0.05, 0.1) is 17.7 Å². The van der Waals surface area contributed by atoms with Crippen LogP contribution < -0.4 is 4.90 Å². The highest BCUT2D eigenvalue weighted by atomic mass is 35.5. The van der Waals surface area contributed by atoms with E-state index in [1.165, 1.54) is 0 Å². The molecule has 1 aliphatic rings. The molecule has 1 amide bonds. The van der Waals surface area contributed by atoms with Gasteiger partial charge >= 0.3 is 0 Å². The molecule has 24 heavy (non-hydrogen) atoms. The number of hydrogen-bond donors (Lipinski definition) is 0. The van der Waals surface area contributed by atoms with Gasteiger partial charge in [0, 0.05) is 31.2 Å². The van der Waals surface area contributed by atoms with Crippen molar-refractivity contribution in [3.05, 3.63) is 64.7 Å². The molecule has 4 nitrogen and oxygen atoms in total. The fourth-order valence-electron chi connectivity index (χ4n) is 2.93. The van der Waals surface area contributed by atoms with Gasteiger partial charge in [-0.1, -0.05) is 35.9 Å². The number of nitriles is 1. The SMILES string of the molecule is N#Cc1ccccc1N1CCN(C(=O)Cc2ccc(Cl)cc2)CC1. The normalized spacial score (nSPS) is 14.3. The molecule has 0 aromatic heterocycles. The third-order valence-corrected chi connectivity index (χ3v) is 4.52. The first-order valence-corrected chi connectivity index (χ1v) is 8.31. The van der Waals surface area contributed by atoms with E-state index < -0.39 is 0 Å². The minimum atomic E-state index is 0.130. The molecule has 3 rings (SSSR count). The number of nitrogens with zero attached hydrogens (tertiary/aromatic N) is 3. The molecular formula is C19H18ClN3O. The maximum atomic E-state index is 12.4. The summed E-state index contributed by atoms with van der Waals surface area (Å²) < 4.78 is 0. The van der Waals surface area contributed by atoms with E-state index in [2.05, 4.69) is 11.0 Å². The monoisotopic (exact) mass is 339 g/mol. The van der Waals surface area contributed by atoms with E-state index >= 15 is 0 Å². The van der Waals surface area contributed by atoms with E-state index in [4.69, 9.17) is 11.6 Å². The lowest BCUT2D eigenvalue weighted by molar-refractivity contribution is -0.130. The van der Waals surface area contributed by atoms with Gasteiger partial charge in [0.15, 0.2) is 0 Å². The predicted molar refractivity (Wildman–Crippen MR) is 95.1 cm³/mol. The summed E-state index contributed by atoms with van der Waals surface area (Å²) in [6.07, 6.45) is 0.395. The second kappa shape index (κ2) is 7.37. The molecule has 0 spiro atoms. The largest absolute Gasteiger partial charge is 0.367 e. The first-order chi connectivity index (χ1) is 11.7. The molecule has 1 aliphatic heterocycles. The predicted octanol–water partition coefficient (Wildman–Crippen LogP) is 3.10. The van der Waals surface area contributed by atoms with Crippen LogP contribution in [0.25, 0.3) is 0 Å². The Bertz CT molecular complexity index is 759. The summed E-state index contributed by atoms with van der Waals surface area (Å²) in [5.41, 5.74) is 2.60. The van der Waals surface area contributed by atoms with Crippen molar-refractivity contribution in [2.24, 2.45) is 0 Å². The average molecular weight is 340 g/mol. The molecule has 1 saturated heterocycles. The van der Waals surface area contributed by atoms with Gasteiger partial charge in [-0.15, -0.1) is 0 Å².